The summed E-state index contributed by atoms with van der Waals surface area (Å²) in [6.45, 7) is 2.59. The van der Waals surface area contributed by atoms with E-state index in [0.717, 1.165) is 28.3 Å². The highest BCUT2D eigenvalue weighted by atomic mass is 16.5. The maximum absolute atomic E-state index is 12.8. The molecule has 0 aliphatic carbocycles. The van der Waals surface area contributed by atoms with Crippen LogP contribution < -0.4 is 15.1 Å². The minimum atomic E-state index is -0.362. The minimum absolute atomic E-state index is 0.0718. The summed E-state index contributed by atoms with van der Waals surface area (Å²) in [4.78, 5) is 28.3. The van der Waals surface area contributed by atoms with Crippen molar-refractivity contribution in [3.8, 4) is 0 Å². The Balaban J connectivity index is 1.64. The summed E-state index contributed by atoms with van der Waals surface area (Å²) in [5, 5.41) is 3.38. The number of methoxy groups -OCH3 is 1. The molecule has 6 nitrogen and oxygen atoms in total. The average Bonchev–Trinajstić information content (AvgIpc) is 2.81. The molecular formula is C25H25N3O3. The van der Waals surface area contributed by atoms with Crippen molar-refractivity contribution >= 4 is 34.6 Å². The molecule has 1 aliphatic heterocycles. The molecule has 0 fully saturated rings. The maximum Gasteiger partial charge on any atom is 0.337 e. The standard InChI is InChI=1S/C25H25N3O3/c1-17-24(29)27(2)22-14-13-21(26-20-11-9-19(10-12-20)25(30)31-3)15-23(22)28(17)16-18-7-5-4-6-8-18/h4-15,17,26H,16H2,1-3H3/t17-/m1/s1. The van der Waals surface area contributed by atoms with Gasteiger partial charge in [0.25, 0.3) is 0 Å². The van der Waals surface area contributed by atoms with Crippen LogP contribution in [-0.2, 0) is 16.1 Å². The number of anilines is 4. The van der Waals surface area contributed by atoms with Gasteiger partial charge in [0.2, 0.25) is 5.91 Å². The molecule has 0 saturated heterocycles. The van der Waals surface area contributed by atoms with Crippen LogP contribution in [0.1, 0.15) is 22.8 Å². The van der Waals surface area contributed by atoms with Crippen LogP contribution in [-0.4, -0.2) is 32.1 Å². The van der Waals surface area contributed by atoms with E-state index in [9.17, 15) is 9.59 Å². The number of ether oxygens (including phenoxy) is 1. The van der Waals surface area contributed by atoms with E-state index < -0.39 is 0 Å². The van der Waals surface area contributed by atoms with Crippen LogP contribution in [0.4, 0.5) is 22.7 Å². The molecule has 1 amide bonds. The van der Waals surface area contributed by atoms with Crippen molar-refractivity contribution in [2.45, 2.75) is 19.5 Å². The third kappa shape index (κ3) is 4.10. The van der Waals surface area contributed by atoms with Crippen LogP contribution in [0.5, 0.6) is 0 Å². The number of likely N-dealkylation sites (N-methyl/N-ethyl adjacent to an activating group) is 1. The summed E-state index contributed by atoms with van der Waals surface area (Å²) in [6.07, 6.45) is 0. The molecule has 1 N–H and O–H groups in total. The first kappa shape index (κ1) is 20.5. The van der Waals surface area contributed by atoms with E-state index in [0.29, 0.717) is 12.1 Å². The zero-order valence-corrected chi connectivity index (χ0v) is 17.8. The Morgan fingerprint density at radius 2 is 1.65 bits per heavy atom. The van der Waals surface area contributed by atoms with Crippen molar-refractivity contribution in [2.75, 3.05) is 29.3 Å². The number of hydrogen-bond donors (Lipinski definition) is 1. The molecule has 4 rings (SSSR count). The van der Waals surface area contributed by atoms with E-state index in [2.05, 4.69) is 28.4 Å². The number of hydrogen-bond acceptors (Lipinski definition) is 5. The Hall–Kier alpha value is -3.80. The second-order valence-electron chi connectivity index (χ2n) is 7.58. The number of esters is 1. The lowest BCUT2D eigenvalue weighted by molar-refractivity contribution is -0.119. The van der Waals surface area contributed by atoms with Gasteiger partial charge in [-0.3, -0.25) is 4.79 Å². The summed E-state index contributed by atoms with van der Waals surface area (Å²) >= 11 is 0. The van der Waals surface area contributed by atoms with Crippen LogP contribution in [0, 0.1) is 0 Å². The molecule has 0 radical (unpaired) electrons. The molecule has 0 spiro atoms. The molecule has 1 heterocycles. The van der Waals surface area contributed by atoms with Gasteiger partial charge in [0.05, 0.1) is 24.0 Å². The van der Waals surface area contributed by atoms with Crippen molar-refractivity contribution in [2.24, 2.45) is 0 Å². The molecule has 1 aliphatic rings. The van der Waals surface area contributed by atoms with Gasteiger partial charge in [-0.2, -0.15) is 0 Å². The summed E-state index contributed by atoms with van der Waals surface area (Å²) in [5.74, 6) is -0.291. The smallest absolute Gasteiger partial charge is 0.337 e. The zero-order valence-electron chi connectivity index (χ0n) is 17.8. The molecular weight excluding hydrogens is 390 g/mol. The lowest BCUT2D eigenvalue weighted by Gasteiger charge is -2.40. The Labute approximate surface area is 182 Å². The highest BCUT2D eigenvalue weighted by Gasteiger charge is 2.33. The molecule has 6 heteroatoms. The zero-order chi connectivity index (χ0) is 22.0. The first-order valence-corrected chi connectivity index (χ1v) is 10.2. The van der Waals surface area contributed by atoms with E-state index in [4.69, 9.17) is 4.74 Å². The fourth-order valence-electron chi connectivity index (χ4n) is 3.83. The normalized spacial score (nSPS) is 15.5. The highest BCUT2D eigenvalue weighted by molar-refractivity contribution is 6.05. The Bertz CT molecular complexity index is 1100. The van der Waals surface area contributed by atoms with Crippen LogP contribution >= 0.6 is 0 Å². The number of nitrogens with one attached hydrogen (secondary N) is 1. The van der Waals surface area contributed by atoms with E-state index in [1.54, 1.807) is 17.0 Å². The number of amides is 1. The molecule has 0 saturated carbocycles. The lowest BCUT2D eigenvalue weighted by Crippen LogP contribution is -2.50. The van der Waals surface area contributed by atoms with Crippen molar-refractivity contribution in [1.82, 2.24) is 0 Å². The largest absolute Gasteiger partial charge is 0.465 e. The summed E-state index contributed by atoms with van der Waals surface area (Å²) in [5.41, 5.74) is 5.28. The van der Waals surface area contributed by atoms with Gasteiger partial charge in [-0.15, -0.1) is 0 Å². The third-order valence-corrected chi connectivity index (χ3v) is 5.59. The number of carbonyl (C=O) groups excluding carboxylic acids is 2. The van der Waals surface area contributed by atoms with Crippen LogP contribution in [0.15, 0.2) is 72.8 Å². The molecule has 0 unspecified atom stereocenters. The van der Waals surface area contributed by atoms with Gasteiger partial charge in [0.15, 0.2) is 0 Å². The Morgan fingerprint density at radius 3 is 2.32 bits per heavy atom. The fourth-order valence-corrected chi connectivity index (χ4v) is 3.83. The van der Waals surface area contributed by atoms with Gasteiger partial charge in [-0.25, -0.2) is 4.79 Å². The van der Waals surface area contributed by atoms with E-state index >= 15 is 0 Å². The molecule has 1 atom stereocenters. The Morgan fingerprint density at radius 1 is 0.968 bits per heavy atom. The van der Waals surface area contributed by atoms with E-state index in [1.807, 2.05) is 56.4 Å². The number of benzene rings is 3. The first-order valence-electron chi connectivity index (χ1n) is 10.2. The van der Waals surface area contributed by atoms with Gasteiger partial charge in [0, 0.05) is 25.0 Å². The molecule has 0 aromatic heterocycles. The number of rotatable bonds is 5. The van der Waals surface area contributed by atoms with Crippen LogP contribution in [0.25, 0.3) is 0 Å². The van der Waals surface area contributed by atoms with Crippen molar-refractivity contribution in [3.63, 3.8) is 0 Å². The van der Waals surface area contributed by atoms with Gasteiger partial charge in [-0.05, 0) is 55.0 Å². The molecule has 31 heavy (non-hydrogen) atoms. The molecule has 158 valence electrons. The van der Waals surface area contributed by atoms with E-state index in [-0.39, 0.29) is 17.9 Å². The predicted octanol–water partition coefficient (Wildman–Crippen LogP) is 4.59. The van der Waals surface area contributed by atoms with Crippen LogP contribution in [0.3, 0.4) is 0 Å². The van der Waals surface area contributed by atoms with E-state index in [1.165, 1.54) is 7.11 Å². The van der Waals surface area contributed by atoms with Crippen molar-refractivity contribution in [3.05, 3.63) is 83.9 Å². The fraction of sp³-hybridized carbons (Fsp3) is 0.200. The van der Waals surface area contributed by atoms with Crippen molar-refractivity contribution < 1.29 is 14.3 Å². The summed E-state index contributed by atoms with van der Waals surface area (Å²) in [6, 6.07) is 23.0. The second kappa shape index (κ2) is 8.52. The summed E-state index contributed by atoms with van der Waals surface area (Å²) < 4.78 is 4.75. The minimum Gasteiger partial charge on any atom is -0.465 e. The quantitative estimate of drug-likeness (QED) is 0.618. The van der Waals surface area contributed by atoms with Gasteiger partial charge < -0.3 is 19.9 Å². The molecule has 0 bridgehead atoms. The average molecular weight is 415 g/mol. The topological polar surface area (TPSA) is 61.9 Å². The van der Waals surface area contributed by atoms with Gasteiger partial charge in [-0.1, -0.05) is 30.3 Å². The van der Waals surface area contributed by atoms with Gasteiger partial charge in [0.1, 0.15) is 6.04 Å². The summed E-state index contributed by atoms with van der Waals surface area (Å²) in [7, 11) is 3.18. The number of fused-ring (bicyclic) bond motifs is 1. The van der Waals surface area contributed by atoms with Crippen molar-refractivity contribution in [1.29, 1.82) is 0 Å². The first-order chi connectivity index (χ1) is 15.0. The molecule has 3 aromatic carbocycles. The third-order valence-electron chi connectivity index (χ3n) is 5.59. The lowest BCUT2D eigenvalue weighted by atomic mass is 10.0. The monoisotopic (exact) mass is 415 g/mol. The predicted molar refractivity (Wildman–Crippen MR) is 123 cm³/mol. The van der Waals surface area contributed by atoms with Crippen LogP contribution in [0.2, 0.25) is 0 Å². The second-order valence-corrected chi connectivity index (χ2v) is 7.58. The number of carbonyl (C=O) groups is 2. The Kier molecular flexibility index (Phi) is 5.62. The number of nitrogens with zero attached hydrogens (tertiary/aromatic N) is 2. The molecule has 3 aromatic rings. The van der Waals surface area contributed by atoms with Gasteiger partial charge >= 0.3 is 5.97 Å². The SMILES string of the molecule is COC(=O)c1ccc(Nc2ccc3c(c2)N(Cc2ccccc2)[C@H](C)C(=O)N3C)cc1. The maximum atomic E-state index is 12.8. The highest BCUT2D eigenvalue weighted by Crippen LogP contribution is 2.39.